The first kappa shape index (κ1) is 13.7. The Bertz CT molecular complexity index is 699. The molecule has 102 valence electrons. The number of aromatic hydroxyl groups is 1. The average Bonchev–Trinajstić information content (AvgIpc) is 2.39. The van der Waals surface area contributed by atoms with Crippen LogP contribution in [0.4, 0.5) is 15.8 Å². The summed E-state index contributed by atoms with van der Waals surface area (Å²) in [5.74, 6) is -0.655. The quantitative estimate of drug-likeness (QED) is 0.528. The molecule has 0 spiro atoms. The van der Waals surface area contributed by atoms with Gasteiger partial charge in [-0.2, -0.15) is 0 Å². The highest BCUT2D eigenvalue weighted by molar-refractivity contribution is 5.86. The Labute approximate surface area is 114 Å². The van der Waals surface area contributed by atoms with Crippen molar-refractivity contribution in [3.63, 3.8) is 0 Å². The molecule has 0 fully saturated rings. The lowest BCUT2D eigenvalue weighted by Gasteiger charge is -2.00. The molecule has 20 heavy (non-hydrogen) atoms. The van der Waals surface area contributed by atoms with E-state index in [1.807, 2.05) is 0 Å². The number of rotatable bonds is 3. The summed E-state index contributed by atoms with van der Waals surface area (Å²) in [6.07, 6.45) is 1.19. The summed E-state index contributed by atoms with van der Waals surface area (Å²) in [7, 11) is 0. The first-order valence-electron chi connectivity index (χ1n) is 5.75. The maximum atomic E-state index is 13.6. The summed E-state index contributed by atoms with van der Waals surface area (Å²) >= 11 is 0. The van der Waals surface area contributed by atoms with Gasteiger partial charge in [-0.15, -0.1) is 0 Å². The highest BCUT2D eigenvalue weighted by Gasteiger charge is 2.09. The minimum Gasteiger partial charge on any atom is -0.507 e. The number of non-ortho nitro benzene ring substituents is 1. The van der Waals surface area contributed by atoms with Gasteiger partial charge in [-0.05, 0) is 30.7 Å². The second kappa shape index (κ2) is 5.48. The third-order valence-electron chi connectivity index (χ3n) is 2.67. The molecule has 5 nitrogen and oxygen atoms in total. The van der Waals surface area contributed by atoms with Crippen LogP contribution in [-0.4, -0.2) is 16.2 Å². The van der Waals surface area contributed by atoms with E-state index in [2.05, 4.69) is 4.99 Å². The van der Waals surface area contributed by atoms with Crippen molar-refractivity contribution in [2.45, 2.75) is 6.92 Å². The van der Waals surface area contributed by atoms with Crippen molar-refractivity contribution in [3.8, 4) is 5.75 Å². The van der Waals surface area contributed by atoms with Gasteiger partial charge < -0.3 is 5.11 Å². The Hall–Kier alpha value is -2.76. The van der Waals surface area contributed by atoms with Crippen LogP contribution in [0.3, 0.4) is 0 Å². The van der Waals surface area contributed by atoms with Gasteiger partial charge in [0.05, 0.1) is 10.6 Å². The molecule has 0 bridgehead atoms. The van der Waals surface area contributed by atoms with Crippen molar-refractivity contribution in [1.82, 2.24) is 0 Å². The molecule has 6 heteroatoms. The predicted octanol–water partition coefficient (Wildman–Crippen LogP) is 3.50. The monoisotopic (exact) mass is 274 g/mol. The van der Waals surface area contributed by atoms with Crippen LogP contribution in [0.2, 0.25) is 0 Å². The van der Waals surface area contributed by atoms with E-state index in [1.54, 1.807) is 13.0 Å². The first-order chi connectivity index (χ1) is 9.47. The number of nitrogens with zero attached hydrogens (tertiary/aromatic N) is 2. The second-order valence-electron chi connectivity index (χ2n) is 4.21. The van der Waals surface area contributed by atoms with Crippen molar-refractivity contribution in [2.75, 3.05) is 0 Å². The zero-order chi connectivity index (χ0) is 14.7. The Balaban J connectivity index is 2.35. The van der Waals surface area contributed by atoms with Gasteiger partial charge in [-0.1, -0.05) is 6.07 Å². The number of aliphatic imine (C=N–C) groups is 1. The Morgan fingerprint density at radius 2 is 2.05 bits per heavy atom. The molecule has 2 aromatic rings. The van der Waals surface area contributed by atoms with E-state index in [-0.39, 0.29) is 22.7 Å². The zero-order valence-corrected chi connectivity index (χ0v) is 10.6. The number of nitro groups is 1. The Morgan fingerprint density at radius 1 is 1.30 bits per heavy atom. The van der Waals surface area contributed by atoms with Crippen LogP contribution in [0.5, 0.6) is 5.75 Å². The van der Waals surface area contributed by atoms with E-state index in [9.17, 15) is 19.6 Å². The SMILES string of the molecule is Cc1ccc(N=Cc2cc([N+](=O)[O-])ccc2O)c(F)c1. The van der Waals surface area contributed by atoms with Crippen LogP contribution >= 0.6 is 0 Å². The maximum absolute atomic E-state index is 13.6. The van der Waals surface area contributed by atoms with Gasteiger partial charge in [0.2, 0.25) is 0 Å². The highest BCUT2D eigenvalue weighted by Crippen LogP contribution is 2.23. The topological polar surface area (TPSA) is 75.7 Å². The minimum absolute atomic E-state index is 0.0986. The molecular weight excluding hydrogens is 263 g/mol. The van der Waals surface area contributed by atoms with E-state index in [1.165, 1.54) is 36.5 Å². The van der Waals surface area contributed by atoms with Crippen LogP contribution in [0, 0.1) is 22.9 Å². The number of hydrogen-bond acceptors (Lipinski definition) is 4. The molecule has 0 radical (unpaired) electrons. The normalized spacial score (nSPS) is 10.9. The van der Waals surface area contributed by atoms with Gasteiger partial charge in [-0.25, -0.2) is 4.39 Å². The van der Waals surface area contributed by atoms with E-state index in [0.29, 0.717) is 0 Å². The largest absolute Gasteiger partial charge is 0.507 e. The van der Waals surface area contributed by atoms with Crippen LogP contribution in [-0.2, 0) is 0 Å². The number of phenols is 1. The maximum Gasteiger partial charge on any atom is 0.270 e. The molecule has 0 aliphatic heterocycles. The molecule has 0 atom stereocenters. The summed E-state index contributed by atoms with van der Waals surface area (Å²) < 4.78 is 13.6. The highest BCUT2D eigenvalue weighted by atomic mass is 19.1. The molecule has 0 saturated carbocycles. The van der Waals surface area contributed by atoms with Gasteiger partial charge >= 0.3 is 0 Å². The molecule has 0 unspecified atom stereocenters. The van der Waals surface area contributed by atoms with Crippen LogP contribution in [0.15, 0.2) is 41.4 Å². The van der Waals surface area contributed by atoms with Crippen molar-refractivity contribution in [3.05, 3.63) is 63.5 Å². The van der Waals surface area contributed by atoms with Crippen molar-refractivity contribution in [2.24, 2.45) is 4.99 Å². The fourth-order valence-electron chi connectivity index (χ4n) is 1.61. The van der Waals surface area contributed by atoms with Gasteiger partial charge in [0, 0.05) is 23.9 Å². The average molecular weight is 274 g/mol. The van der Waals surface area contributed by atoms with E-state index >= 15 is 0 Å². The lowest BCUT2D eigenvalue weighted by Crippen LogP contribution is -1.90. The van der Waals surface area contributed by atoms with Gasteiger partial charge in [0.1, 0.15) is 11.6 Å². The summed E-state index contributed by atoms with van der Waals surface area (Å²) in [5.41, 5.74) is 0.842. The smallest absolute Gasteiger partial charge is 0.270 e. The van der Waals surface area contributed by atoms with Crippen molar-refractivity contribution in [1.29, 1.82) is 0 Å². The van der Waals surface area contributed by atoms with Crippen LogP contribution < -0.4 is 0 Å². The van der Waals surface area contributed by atoms with Gasteiger partial charge in [-0.3, -0.25) is 15.1 Å². The first-order valence-corrected chi connectivity index (χ1v) is 5.75. The van der Waals surface area contributed by atoms with E-state index in [0.717, 1.165) is 5.56 Å². The summed E-state index contributed by atoms with van der Waals surface area (Å²) in [4.78, 5) is 14.0. The Morgan fingerprint density at radius 3 is 2.70 bits per heavy atom. The molecule has 0 heterocycles. The molecule has 0 aromatic heterocycles. The number of hydrogen-bond donors (Lipinski definition) is 1. The van der Waals surface area contributed by atoms with E-state index in [4.69, 9.17) is 0 Å². The fraction of sp³-hybridized carbons (Fsp3) is 0.0714. The van der Waals surface area contributed by atoms with Gasteiger partial charge in [0.25, 0.3) is 5.69 Å². The second-order valence-corrected chi connectivity index (χ2v) is 4.21. The number of phenolic OH excluding ortho intramolecular Hbond substituents is 1. The molecule has 2 aromatic carbocycles. The molecular formula is C14H11FN2O3. The number of nitro benzene ring substituents is 1. The number of aryl methyl sites for hydroxylation is 1. The summed E-state index contributed by atoms with van der Waals surface area (Å²) in [6.45, 7) is 1.75. The third kappa shape index (κ3) is 2.97. The molecule has 2 rings (SSSR count). The standard InChI is InChI=1S/C14H11FN2O3/c1-9-2-4-13(12(15)6-9)16-8-10-7-11(17(19)20)3-5-14(10)18/h2-8,18H,1H3. The fourth-order valence-corrected chi connectivity index (χ4v) is 1.61. The zero-order valence-electron chi connectivity index (χ0n) is 10.6. The third-order valence-corrected chi connectivity index (χ3v) is 2.67. The summed E-state index contributed by atoms with van der Waals surface area (Å²) in [6, 6.07) is 8.08. The lowest BCUT2D eigenvalue weighted by molar-refractivity contribution is -0.384. The van der Waals surface area contributed by atoms with Crippen LogP contribution in [0.25, 0.3) is 0 Å². The lowest BCUT2D eigenvalue weighted by atomic mass is 10.2. The van der Waals surface area contributed by atoms with Crippen LogP contribution in [0.1, 0.15) is 11.1 Å². The Kier molecular flexibility index (Phi) is 3.74. The number of benzene rings is 2. The molecule has 0 saturated heterocycles. The van der Waals surface area contributed by atoms with Gasteiger partial charge in [0.15, 0.2) is 0 Å². The molecule has 0 aliphatic carbocycles. The summed E-state index contributed by atoms with van der Waals surface area (Å²) in [5, 5.41) is 20.3. The number of halogens is 1. The van der Waals surface area contributed by atoms with E-state index < -0.39 is 10.7 Å². The molecule has 0 amide bonds. The van der Waals surface area contributed by atoms with Crippen molar-refractivity contribution >= 4 is 17.6 Å². The van der Waals surface area contributed by atoms with Crippen molar-refractivity contribution < 1.29 is 14.4 Å². The molecule has 1 N–H and O–H groups in total. The predicted molar refractivity (Wildman–Crippen MR) is 73.2 cm³/mol. The molecule has 0 aliphatic rings. The minimum atomic E-state index is -0.580.